The summed E-state index contributed by atoms with van der Waals surface area (Å²) in [7, 11) is -0.852. The Balaban J connectivity index is 0.00000163. The molecule has 7 nitrogen and oxygen atoms in total. The summed E-state index contributed by atoms with van der Waals surface area (Å²) in [6.45, 7) is 0. The zero-order valence-corrected chi connectivity index (χ0v) is 17.4. The Morgan fingerprint density at radius 3 is 2.08 bits per heavy atom. The van der Waals surface area contributed by atoms with Crippen LogP contribution in [0.25, 0.3) is 0 Å². The van der Waals surface area contributed by atoms with Gasteiger partial charge in [-0.2, -0.15) is 0 Å². The molecule has 0 unspecified atom stereocenters. The van der Waals surface area contributed by atoms with E-state index in [1.807, 2.05) is 0 Å². The van der Waals surface area contributed by atoms with Gasteiger partial charge in [0, 0.05) is 21.8 Å². The standard InChI is InChI=1S/C13H10Cl3NO5S2.CH5N/c1-23(18,19)17-11-4-3-9(24(16,20)21)7-13(11)22-12-5-2-8(14)6-10(12)15;1-2/h2-7,17H,1H3;2H2,1H3. The Labute approximate surface area is 166 Å². The van der Waals surface area contributed by atoms with Crippen LogP contribution in [-0.2, 0) is 19.1 Å². The third-order valence-corrected chi connectivity index (χ3v) is 5.12. The molecule has 0 atom stereocenters. The summed E-state index contributed by atoms with van der Waals surface area (Å²) in [5, 5.41) is 0.533. The van der Waals surface area contributed by atoms with Crippen LogP contribution in [-0.4, -0.2) is 30.1 Å². The maximum Gasteiger partial charge on any atom is 0.261 e. The topological polar surface area (TPSA) is 116 Å². The highest BCUT2D eigenvalue weighted by atomic mass is 35.7. The second-order valence-corrected chi connectivity index (χ2v) is 9.80. The number of nitrogens with one attached hydrogen (secondary N) is 1. The summed E-state index contributed by atoms with van der Waals surface area (Å²) in [4.78, 5) is -0.261. The van der Waals surface area contributed by atoms with Crippen LogP contribution in [0, 0.1) is 0 Å². The summed E-state index contributed by atoms with van der Waals surface area (Å²) < 4.78 is 53.6. The number of hydrogen-bond donors (Lipinski definition) is 2. The third-order valence-electron chi connectivity index (χ3n) is 2.64. The Morgan fingerprint density at radius 2 is 1.58 bits per heavy atom. The van der Waals surface area contributed by atoms with Crippen LogP contribution >= 0.6 is 33.9 Å². The molecule has 26 heavy (non-hydrogen) atoms. The lowest BCUT2D eigenvalue weighted by Gasteiger charge is -2.14. The molecule has 144 valence electrons. The molecule has 2 aromatic rings. The van der Waals surface area contributed by atoms with Crippen molar-refractivity contribution in [2.75, 3.05) is 18.0 Å². The number of rotatable bonds is 5. The van der Waals surface area contributed by atoms with Crippen LogP contribution in [0.15, 0.2) is 41.3 Å². The molecule has 0 aromatic heterocycles. The van der Waals surface area contributed by atoms with E-state index in [4.69, 9.17) is 38.6 Å². The van der Waals surface area contributed by atoms with Crippen molar-refractivity contribution in [1.29, 1.82) is 0 Å². The first-order chi connectivity index (χ1) is 12.0. The van der Waals surface area contributed by atoms with Gasteiger partial charge in [-0.25, -0.2) is 16.8 Å². The van der Waals surface area contributed by atoms with Crippen molar-refractivity contribution >= 4 is 58.6 Å². The number of sulfonamides is 1. The zero-order chi connectivity index (χ0) is 20.1. The Kier molecular flexibility index (Phi) is 8.00. The molecule has 0 saturated heterocycles. The SMILES string of the molecule is CN.CS(=O)(=O)Nc1ccc(S(=O)(=O)Cl)cc1Oc1ccc(Cl)cc1Cl. The molecule has 0 bridgehead atoms. The second-order valence-electron chi connectivity index (χ2n) is 4.65. The van der Waals surface area contributed by atoms with E-state index < -0.39 is 19.1 Å². The normalized spacial score (nSPS) is 11.3. The van der Waals surface area contributed by atoms with E-state index in [1.54, 1.807) is 0 Å². The lowest BCUT2D eigenvalue weighted by Crippen LogP contribution is -2.10. The monoisotopic (exact) mass is 460 g/mol. The van der Waals surface area contributed by atoms with Crippen molar-refractivity contribution in [2.24, 2.45) is 5.73 Å². The molecule has 0 amide bonds. The second kappa shape index (κ2) is 9.12. The van der Waals surface area contributed by atoms with Gasteiger partial charge >= 0.3 is 0 Å². The molecular weight excluding hydrogens is 447 g/mol. The van der Waals surface area contributed by atoms with Gasteiger partial charge < -0.3 is 10.5 Å². The molecule has 0 fully saturated rings. The summed E-state index contributed by atoms with van der Waals surface area (Å²) in [6, 6.07) is 7.83. The van der Waals surface area contributed by atoms with Gasteiger partial charge in [-0.05, 0) is 37.4 Å². The summed E-state index contributed by atoms with van der Waals surface area (Å²) >= 11 is 11.8. The average Bonchev–Trinajstić information content (AvgIpc) is 2.51. The van der Waals surface area contributed by atoms with Crippen LogP contribution in [0.1, 0.15) is 0 Å². The minimum Gasteiger partial charge on any atom is -0.454 e. The van der Waals surface area contributed by atoms with Crippen LogP contribution in [0.4, 0.5) is 5.69 Å². The van der Waals surface area contributed by atoms with Gasteiger partial charge in [0.2, 0.25) is 10.0 Å². The largest absolute Gasteiger partial charge is 0.454 e. The summed E-state index contributed by atoms with van der Waals surface area (Å²) in [5.41, 5.74) is 4.52. The van der Waals surface area contributed by atoms with Gasteiger partial charge in [0.15, 0.2) is 5.75 Å². The van der Waals surface area contributed by atoms with E-state index in [-0.39, 0.29) is 27.1 Å². The minimum atomic E-state index is -4.03. The Bertz CT molecular complexity index is 996. The molecule has 0 aliphatic rings. The fourth-order valence-electron chi connectivity index (χ4n) is 1.70. The third kappa shape index (κ3) is 6.82. The summed E-state index contributed by atoms with van der Waals surface area (Å²) in [6.07, 6.45) is 0.943. The van der Waals surface area contributed by atoms with Crippen LogP contribution < -0.4 is 15.2 Å². The van der Waals surface area contributed by atoms with Gasteiger partial charge in [0.1, 0.15) is 5.75 Å². The van der Waals surface area contributed by atoms with E-state index in [2.05, 4.69) is 10.5 Å². The highest BCUT2D eigenvalue weighted by Crippen LogP contribution is 2.37. The van der Waals surface area contributed by atoms with E-state index in [0.29, 0.717) is 5.02 Å². The molecule has 0 saturated carbocycles. The molecule has 0 spiro atoms. The maximum atomic E-state index is 11.5. The van der Waals surface area contributed by atoms with Crippen molar-refractivity contribution in [3.63, 3.8) is 0 Å². The quantitative estimate of drug-likeness (QED) is 0.656. The van der Waals surface area contributed by atoms with Crippen molar-refractivity contribution in [3.8, 4) is 11.5 Å². The number of halogens is 3. The van der Waals surface area contributed by atoms with Gasteiger partial charge in [0.05, 0.1) is 21.9 Å². The van der Waals surface area contributed by atoms with Gasteiger partial charge in [0.25, 0.3) is 9.05 Å². The Hall–Kier alpha value is -1.23. The van der Waals surface area contributed by atoms with Crippen LogP contribution in [0.3, 0.4) is 0 Å². The highest BCUT2D eigenvalue weighted by molar-refractivity contribution is 8.13. The van der Waals surface area contributed by atoms with E-state index in [9.17, 15) is 16.8 Å². The fourth-order valence-corrected chi connectivity index (χ4v) is 3.48. The number of ether oxygens (including phenoxy) is 1. The van der Waals surface area contributed by atoms with E-state index in [1.165, 1.54) is 31.3 Å². The van der Waals surface area contributed by atoms with E-state index in [0.717, 1.165) is 18.4 Å². The smallest absolute Gasteiger partial charge is 0.261 e. The molecule has 3 N–H and O–H groups in total. The van der Waals surface area contributed by atoms with Gasteiger partial charge in [-0.1, -0.05) is 23.2 Å². The molecule has 12 heteroatoms. The molecule has 0 aliphatic heterocycles. The van der Waals surface area contributed by atoms with Crippen LogP contribution in [0.5, 0.6) is 11.5 Å². The fraction of sp³-hybridized carbons (Fsp3) is 0.143. The van der Waals surface area contributed by atoms with Crippen molar-refractivity contribution < 1.29 is 21.6 Å². The predicted octanol–water partition coefficient (Wildman–Crippen LogP) is 3.66. The lowest BCUT2D eigenvalue weighted by atomic mass is 10.3. The van der Waals surface area contributed by atoms with Gasteiger partial charge in [-0.15, -0.1) is 0 Å². The lowest BCUT2D eigenvalue weighted by molar-refractivity contribution is 0.483. The van der Waals surface area contributed by atoms with Gasteiger partial charge in [-0.3, -0.25) is 4.72 Å². The molecule has 0 heterocycles. The molecule has 2 rings (SSSR count). The molecule has 0 aliphatic carbocycles. The van der Waals surface area contributed by atoms with Crippen molar-refractivity contribution in [1.82, 2.24) is 0 Å². The predicted molar refractivity (Wildman–Crippen MR) is 105 cm³/mol. The first kappa shape index (κ1) is 22.8. The summed E-state index contributed by atoms with van der Waals surface area (Å²) in [5.74, 6) is 0.0631. The first-order valence-electron chi connectivity index (χ1n) is 6.73. The Morgan fingerprint density at radius 1 is 0.962 bits per heavy atom. The molecular formula is C14H15Cl3N2O5S2. The minimum absolute atomic E-state index is 0.0209. The highest BCUT2D eigenvalue weighted by Gasteiger charge is 2.17. The molecule has 0 radical (unpaired) electrons. The van der Waals surface area contributed by atoms with Crippen molar-refractivity contribution in [2.45, 2.75) is 4.90 Å². The van der Waals surface area contributed by atoms with Crippen molar-refractivity contribution in [3.05, 3.63) is 46.4 Å². The number of benzene rings is 2. The van der Waals surface area contributed by atoms with E-state index >= 15 is 0 Å². The molecule has 2 aromatic carbocycles. The average molecular weight is 462 g/mol. The number of anilines is 1. The first-order valence-corrected chi connectivity index (χ1v) is 11.7. The maximum absolute atomic E-state index is 11.5. The number of hydrogen-bond acceptors (Lipinski definition) is 6. The number of nitrogens with two attached hydrogens (primary N) is 1. The zero-order valence-electron chi connectivity index (χ0n) is 13.5. The van der Waals surface area contributed by atoms with Crippen LogP contribution in [0.2, 0.25) is 10.0 Å².